The number of carbonyl (C=O) groups excluding carboxylic acids is 1. The second kappa shape index (κ2) is 13.0. The normalized spacial score (nSPS) is 12.6. The van der Waals surface area contributed by atoms with Crippen LogP contribution in [0.15, 0.2) is 72.8 Å². The van der Waals surface area contributed by atoms with Crippen LogP contribution in [0.3, 0.4) is 0 Å². The third-order valence-electron chi connectivity index (χ3n) is 6.56. The number of hydrogen-bond donors (Lipinski definition) is 0. The van der Waals surface area contributed by atoms with E-state index in [4.69, 9.17) is 4.74 Å². The summed E-state index contributed by atoms with van der Waals surface area (Å²) in [5, 5.41) is 0. The molecule has 0 aliphatic carbocycles. The highest BCUT2D eigenvalue weighted by Gasteiger charge is 2.31. The molecular weight excluding hydrogens is 503 g/mol. The second-order valence-electron chi connectivity index (χ2n) is 10.6. The maximum atomic E-state index is 13.1. The van der Waals surface area contributed by atoms with E-state index in [0.717, 1.165) is 35.2 Å². The van der Waals surface area contributed by atoms with E-state index < -0.39 is 12.4 Å². The molecule has 3 rings (SSSR count). The first-order chi connectivity index (χ1) is 18.4. The zero-order chi connectivity index (χ0) is 28.6. The number of esters is 1. The van der Waals surface area contributed by atoms with Crippen LogP contribution >= 0.6 is 0 Å². The third kappa shape index (κ3) is 8.77. The van der Waals surface area contributed by atoms with Crippen LogP contribution in [-0.2, 0) is 21.5 Å². The van der Waals surface area contributed by atoms with Gasteiger partial charge in [-0.15, -0.1) is 13.2 Å². The van der Waals surface area contributed by atoms with E-state index in [1.54, 1.807) is 12.1 Å². The largest absolute Gasteiger partial charge is 0.573 e. The first-order valence-electron chi connectivity index (χ1n) is 13.4. The first kappa shape index (κ1) is 30.1. The molecule has 0 N–H and O–H groups in total. The highest BCUT2D eigenvalue weighted by Crippen LogP contribution is 2.30. The number of hydrogen-bond acceptors (Lipinski definition) is 4. The molecule has 0 aliphatic heterocycles. The van der Waals surface area contributed by atoms with Crippen molar-refractivity contribution in [2.45, 2.75) is 78.2 Å². The van der Waals surface area contributed by atoms with E-state index in [1.807, 2.05) is 31.2 Å². The van der Waals surface area contributed by atoms with Gasteiger partial charge in [0.15, 0.2) is 0 Å². The van der Waals surface area contributed by atoms with Gasteiger partial charge < -0.3 is 14.4 Å². The maximum Gasteiger partial charge on any atom is 0.573 e. The Hall–Kier alpha value is -3.48. The van der Waals surface area contributed by atoms with Crippen molar-refractivity contribution >= 4 is 11.7 Å². The number of alkyl halides is 3. The topological polar surface area (TPSA) is 38.8 Å². The summed E-state index contributed by atoms with van der Waals surface area (Å²) in [4.78, 5) is 15.2. The Morgan fingerprint density at radius 2 is 1.41 bits per heavy atom. The van der Waals surface area contributed by atoms with Crippen LogP contribution in [0, 0.1) is 0 Å². The monoisotopic (exact) mass is 541 g/mol. The van der Waals surface area contributed by atoms with Gasteiger partial charge in [0.1, 0.15) is 11.8 Å². The Kier molecular flexibility index (Phi) is 10.1. The third-order valence-corrected chi connectivity index (χ3v) is 6.56. The molecule has 0 spiro atoms. The van der Waals surface area contributed by atoms with Gasteiger partial charge in [0, 0.05) is 12.2 Å². The smallest absolute Gasteiger partial charge is 0.464 e. The molecule has 0 bridgehead atoms. The molecular formula is C32H38F3NO3. The molecule has 0 fully saturated rings. The van der Waals surface area contributed by atoms with E-state index in [9.17, 15) is 18.0 Å². The SMILES string of the molecule is CCCCC(C(=O)OCC)N(Cc1ccc(C(C)(C)C)cc1)c1ccc(-c2ccc(OC(F)(F)F)cc2)cc1. The molecule has 0 aliphatic rings. The van der Waals surface area contributed by atoms with Gasteiger partial charge in [0.25, 0.3) is 0 Å². The Labute approximate surface area is 229 Å². The molecule has 3 aromatic carbocycles. The van der Waals surface area contributed by atoms with Gasteiger partial charge in [-0.25, -0.2) is 4.79 Å². The van der Waals surface area contributed by atoms with E-state index in [-0.39, 0.29) is 17.1 Å². The summed E-state index contributed by atoms with van der Waals surface area (Å²) in [6.45, 7) is 11.3. The minimum atomic E-state index is -4.73. The lowest BCUT2D eigenvalue weighted by Gasteiger charge is -2.33. The quantitative estimate of drug-likeness (QED) is 0.228. The van der Waals surface area contributed by atoms with Crippen LogP contribution in [-0.4, -0.2) is 25.0 Å². The summed E-state index contributed by atoms with van der Waals surface area (Å²) in [6.07, 6.45) is -2.23. The van der Waals surface area contributed by atoms with Gasteiger partial charge in [-0.1, -0.05) is 89.1 Å². The van der Waals surface area contributed by atoms with Crippen LogP contribution in [0.5, 0.6) is 5.75 Å². The average molecular weight is 542 g/mol. The fourth-order valence-electron chi connectivity index (χ4n) is 4.42. The predicted octanol–water partition coefficient (Wildman–Crippen LogP) is 8.68. The van der Waals surface area contributed by atoms with Crippen LogP contribution in [0.1, 0.15) is 65.0 Å². The van der Waals surface area contributed by atoms with Crippen molar-refractivity contribution < 1.29 is 27.4 Å². The molecule has 0 heterocycles. The number of nitrogens with zero attached hydrogens (tertiary/aromatic N) is 1. The van der Waals surface area contributed by atoms with E-state index in [1.165, 1.54) is 17.7 Å². The number of rotatable bonds is 11. The van der Waals surface area contributed by atoms with Crippen molar-refractivity contribution in [2.75, 3.05) is 11.5 Å². The fraction of sp³-hybridized carbons (Fsp3) is 0.406. The highest BCUT2D eigenvalue weighted by molar-refractivity contribution is 5.80. The lowest BCUT2D eigenvalue weighted by Crippen LogP contribution is -2.42. The van der Waals surface area contributed by atoms with Crippen molar-refractivity contribution in [3.8, 4) is 16.9 Å². The van der Waals surface area contributed by atoms with E-state index in [0.29, 0.717) is 19.6 Å². The minimum Gasteiger partial charge on any atom is -0.464 e. The second-order valence-corrected chi connectivity index (χ2v) is 10.6. The highest BCUT2D eigenvalue weighted by atomic mass is 19.4. The van der Waals surface area contributed by atoms with Crippen molar-refractivity contribution in [2.24, 2.45) is 0 Å². The summed E-state index contributed by atoms with van der Waals surface area (Å²) < 4.78 is 47.0. The van der Waals surface area contributed by atoms with Crippen molar-refractivity contribution in [1.29, 1.82) is 0 Å². The van der Waals surface area contributed by atoms with E-state index >= 15 is 0 Å². The summed E-state index contributed by atoms with van der Waals surface area (Å²) >= 11 is 0. The zero-order valence-electron chi connectivity index (χ0n) is 23.3. The standard InChI is InChI=1S/C32H38F3NO3/c1-6-8-9-29(30(37)38-7-2)36(22-23-10-16-26(17-11-23)31(3,4)5)27-18-12-24(13-19-27)25-14-20-28(21-15-25)39-32(33,34)35/h10-21,29H,6-9,22H2,1-5H3. The minimum absolute atomic E-state index is 0.0414. The number of benzene rings is 3. The Bertz CT molecular complexity index is 1180. The lowest BCUT2D eigenvalue weighted by molar-refractivity contribution is -0.274. The number of ether oxygens (including phenoxy) is 2. The molecule has 1 unspecified atom stereocenters. The van der Waals surface area contributed by atoms with Crippen molar-refractivity contribution in [3.05, 3.63) is 83.9 Å². The molecule has 7 heteroatoms. The van der Waals surface area contributed by atoms with Gasteiger partial charge in [-0.05, 0) is 65.3 Å². The first-order valence-corrected chi connectivity index (χ1v) is 13.4. The number of unbranched alkanes of at least 4 members (excludes halogenated alkanes) is 1. The van der Waals surface area contributed by atoms with Crippen molar-refractivity contribution in [1.82, 2.24) is 0 Å². The van der Waals surface area contributed by atoms with Crippen molar-refractivity contribution in [3.63, 3.8) is 0 Å². The van der Waals surface area contributed by atoms with Gasteiger partial charge in [-0.2, -0.15) is 0 Å². The number of anilines is 1. The number of carbonyl (C=O) groups is 1. The summed E-state index contributed by atoms with van der Waals surface area (Å²) in [7, 11) is 0. The Balaban J connectivity index is 1.92. The van der Waals surface area contributed by atoms with Crippen LogP contribution in [0.2, 0.25) is 0 Å². The molecule has 210 valence electrons. The Morgan fingerprint density at radius 3 is 1.90 bits per heavy atom. The summed E-state index contributed by atoms with van der Waals surface area (Å²) in [5.41, 5.74) is 4.82. The van der Waals surface area contributed by atoms with Gasteiger partial charge in [0.2, 0.25) is 0 Å². The van der Waals surface area contributed by atoms with Gasteiger partial charge >= 0.3 is 12.3 Å². The van der Waals surface area contributed by atoms with Gasteiger partial charge in [-0.3, -0.25) is 0 Å². The molecule has 0 radical (unpaired) electrons. The van der Waals surface area contributed by atoms with Crippen LogP contribution < -0.4 is 9.64 Å². The molecule has 4 nitrogen and oxygen atoms in total. The zero-order valence-corrected chi connectivity index (χ0v) is 23.3. The molecule has 3 aromatic rings. The Morgan fingerprint density at radius 1 is 0.846 bits per heavy atom. The molecule has 0 saturated heterocycles. The summed E-state index contributed by atoms with van der Waals surface area (Å²) in [5.74, 6) is -0.513. The van der Waals surface area contributed by atoms with Gasteiger partial charge in [0.05, 0.1) is 6.61 Å². The molecule has 0 amide bonds. The molecule has 0 aromatic heterocycles. The number of halogens is 3. The lowest BCUT2D eigenvalue weighted by atomic mass is 9.86. The summed E-state index contributed by atoms with van der Waals surface area (Å²) in [6, 6.07) is 21.5. The van der Waals surface area contributed by atoms with E-state index in [2.05, 4.69) is 61.6 Å². The van der Waals surface area contributed by atoms with Crippen LogP contribution in [0.4, 0.5) is 18.9 Å². The average Bonchev–Trinajstić information content (AvgIpc) is 2.88. The fourth-order valence-corrected chi connectivity index (χ4v) is 4.42. The predicted molar refractivity (Wildman–Crippen MR) is 150 cm³/mol. The molecule has 1 atom stereocenters. The maximum absolute atomic E-state index is 13.1. The molecule has 0 saturated carbocycles. The van der Waals surface area contributed by atoms with Crippen LogP contribution in [0.25, 0.3) is 11.1 Å². The molecule has 39 heavy (non-hydrogen) atoms.